The van der Waals surface area contributed by atoms with Gasteiger partial charge in [0.25, 0.3) is 5.91 Å². The van der Waals surface area contributed by atoms with Crippen LogP contribution in [0.3, 0.4) is 0 Å². The first-order valence-electron chi connectivity index (χ1n) is 10.2. The lowest BCUT2D eigenvalue weighted by Gasteiger charge is -2.25. The molecule has 2 heterocycles. The van der Waals surface area contributed by atoms with Crippen LogP contribution in [0, 0.1) is 13.8 Å². The third kappa shape index (κ3) is 3.31. The van der Waals surface area contributed by atoms with Crippen molar-refractivity contribution in [1.82, 2.24) is 4.57 Å². The van der Waals surface area contributed by atoms with Crippen LogP contribution in [0.15, 0.2) is 78.3 Å². The number of thiazole rings is 1. The first-order valence-corrected chi connectivity index (χ1v) is 11.0. The highest BCUT2D eigenvalue weighted by Gasteiger charge is 2.32. The van der Waals surface area contributed by atoms with Gasteiger partial charge in [-0.1, -0.05) is 59.9 Å². The molecule has 154 valence electrons. The molecule has 0 spiro atoms. The summed E-state index contributed by atoms with van der Waals surface area (Å²) in [5, 5.41) is 0. The van der Waals surface area contributed by atoms with Crippen molar-refractivity contribution >= 4 is 27.5 Å². The van der Waals surface area contributed by atoms with Crippen LogP contribution in [0.1, 0.15) is 28.2 Å². The van der Waals surface area contributed by atoms with Crippen LogP contribution in [0.2, 0.25) is 0 Å². The summed E-state index contributed by atoms with van der Waals surface area (Å²) >= 11 is 1.55. The van der Waals surface area contributed by atoms with Crippen molar-refractivity contribution in [2.24, 2.45) is 4.99 Å². The number of hydrogen-bond donors (Lipinski definition) is 0. The van der Waals surface area contributed by atoms with Gasteiger partial charge in [0.2, 0.25) is 0 Å². The normalized spacial score (nSPS) is 13.5. The van der Waals surface area contributed by atoms with E-state index in [-0.39, 0.29) is 5.91 Å². The monoisotopic (exact) mass is 426 g/mol. The van der Waals surface area contributed by atoms with Crippen LogP contribution in [0.25, 0.3) is 10.2 Å². The van der Waals surface area contributed by atoms with E-state index in [1.54, 1.807) is 11.3 Å². The summed E-state index contributed by atoms with van der Waals surface area (Å²) in [5.74, 6) is 0.723. The first-order chi connectivity index (χ1) is 15.1. The highest BCUT2D eigenvalue weighted by molar-refractivity contribution is 7.16. The molecule has 0 fully saturated rings. The Morgan fingerprint density at radius 3 is 2.39 bits per heavy atom. The summed E-state index contributed by atoms with van der Waals surface area (Å²) in [5.41, 5.74) is 5.15. The van der Waals surface area contributed by atoms with E-state index in [2.05, 4.69) is 42.1 Å². The molecule has 0 saturated carbocycles. The Morgan fingerprint density at radius 1 is 1.10 bits per heavy atom. The quantitative estimate of drug-likeness (QED) is 0.385. The first kappa shape index (κ1) is 19.5. The van der Waals surface area contributed by atoms with E-state index in [9.17, 15) is 4.79 Å². The zero-order valence-corrected chi connectivity index (χ0v) is 18.3. The molecule has 1 aromatic heterocycles. The van der Waals surface area contributed by atoms with Gasteiger partial charge in [0.1, 0.15) is 11.5 Å². The van der Waals surface area contributed by atoms with Gasteiger partial charge in [0.15, 0.2) is 4.80 Å². The Labute approximate surface area is 184 Å². The van der Waals surface area contributed by atoms with Gasteiger partial charge >= 0.3 is 0 Å². The molecule has 31 heavy (non-hydrogen) atoms. The van der Waals surface area contributed by atoms with Crippen LogP contribution >= 0.6 is 11.3 Å². The topological polar surface area (TPSA) is 43.6 Å². The van der Waals surface area contributed by atoms with E-state index in [0.717, 1.165) is 21.3 Å². The van der Waals surface area contributed by atoms with Gasteiger partial charge in [-0.05, 0) is 43.2 Å². The molecule has 4 aromatic rings. The number of aromatic nitrogens is 1. The molecular weight excluding hydrogens is 404 g/mol. The lowest BCUT2D eigenvalue weighted by molar-refractivity contribution is -0.118. The Balaban J connectivity index is 1.71. The number of hydrogen-bond acceptors (Lipinski definition) is 3. The zero-order valence-electron chi connectivity index (χ0n) is 17.5. The molecule has 4 nitrogen and oxygen atoms in total. The van der Waals surface area contributed by atoms with E-state index < -0.39 is 5.92 Å². The number of rotatable bonds is 3. The fourth-order valence-electron chi connectivity index (χ4n) is 4.24. The van der Waals surface area contributed by atoms with Gasteiger partial charge in [-0.2, -0.15) is 4.99 Å². The lowest BCUT2D eigenvalue weighted by Crippen LogP contribution is -2.22. The van der Waals surface area contributed by atoms with Crippen molar-refractivity contribution in [2.75, 3.05) is 0 Å². The smallest absolute Gasteiger partial charge is 0.260 e. The largest absolute Gasteiger partial charge is 0.457 e. The Morgan fingerprint density at radius 2 is 1.74 bits per heavy atom. The number of allylic oxidation sites excluding steroid dienone is 1. The summed E-state index contributed by atoms with van der Waals surface area (Å²) in [6.07, 6.45) is 1.84. The van der Waals surface area contributed by atoms with E-state index in [4.69, 9.17) is 4.74 Å². The molecule has 0 saturated heterocycles. The van der Waals surface area contributed by atoms with Gasteiger partial charge in [-0.25, -0.2) is 0 Å². The molecule has 0 radical (unpaired) electrons. The minimum absolute atomic E-state index is 0.193. The maximum absolute atomic E-state index is 13.6. The molecule has 5 rings (SSSR count). The molecule has 1 aliphatic heterocycles. The second-order valence-corrected chi connectivity index (χ2v) is 8.75. The molecule has 0 N–H and O–H groups in total. The van der Waals surface area contributed by atoms with Crippen molar-refractivity contribution in [2.45, 2.75) is 26.3 Å². The highest BCUT2D eigenvalue weighted by Crippen LogP contribution is 2.44. The van der Waals surface area contributed by atoms with Crippen molar-refractivity contribution < 1.29 is 9.53 Å². The van der Waals surface area contributed by atoms with Crippen LogP contribution in [-0.2, 0) is 11.3 Å². The Bertz CT molecular complexity index is 1370. The standard InChI is InChI=1S/C26H22N2O2S/c1-4-13-28-20-15-16(2)14-17(3)24(20)31-26(28)27-25(29)23-18-9-5-7-11-21(18)30-22-12-8-6-10-19(22)23/h4-12,14-15,23H,1,13H2,2-3H3. The van der Waals surface area contributed by atoms with Crippen molar-refractivity contribution in [3.05, 3.63) is 100 Å². The number of benzene rings is 3. The summed E-state index contributed by atoms with van der Waals surface area (Å²) < 4.78 is 9.25. The van der Waals surface area contributed by atoms with Crippen molar-refractivity contribution in [1.29, 1.82) is 0 Å². The maximum Gasteiger partial charge on any atom is 0.260 e. The van der Waals surface area contributed by atoms with Crippen LogP contribution in [-0.4, -0.2) is 10.5 Å². The van der Waals surface area contributed by atoms with E-state index in [1.807, 2.05) is 54.6 Å². The maximum atomic E-state index is 13.6. The average Bonchev–Trinajstić information content (AvgIpc) is 3.09. The van der Waals surface area contributed by atoms with E-state index in [0.29, 0.717) is 22.8 Å². The molecule has 0 bridgehead atoms. The van der Waals surface area contributed by atoms with Crippen molar-refractivity contribution in [3.8, 4) is 11.5 Å². The van der Waals surface area contributed by atoms with Gasteiger partial charge < -0.3 is 9.30 Å². The number of carbonyl (C=O) groups is 1. The summed E-state index contributed by atoms with van der Waals surface area (Å²) in [6, 6.07) is 19.7. The Hall–Kier alpha value is -3.44. The van der Waals surface area contributed by atoms with E-state index in [1.165, 1.54) is 11.1 Å². The molecule has 0 atom stereocenters. The summed E-state index contributed by atoms with van der Waals surface area (Å²) in [6.45, 7) is 8.67. The van der Waals surface area contributed by atoms with Crippen LogP contribution in [0.5, 0.6) is 11.5 Å². The van der Waals surface area contributed by atoms with Gasteiger partial charge in [0, 0.05) is 17.7 Å². The fourth-order valence-corrected chi connectivity index (χ4v) is 5.33. The van der Waals surface area contributed by atoms with Crippen molar-refractivity contribution in [3.63, 3.8) is 0 Å². The number of carbonyl (C=O) groups excluding carboxylic acids is 1. The SMILES string of the molecule is C=CCn1c(=NC(=O)C2c3ccccc3Oc3ccccc32)sc2c(C)cc(C)cc21. The fraction of sp³-hybridized carbons (Fsp3) is 0.154. The van der Waals surface area contributed by atoms with E-state index >= 15 is 0 Å². The predicted octanol–water partition coefficient (Wildman–Crippen LogP) is 5.87. The second kappa shape index (κ2) is 7.67. The third-order valence-corrected chi connectivity index (χ3v) is 6.79. The minimum Gasteiger partial charge on any atom is -0.457 e. The Kier molecular flexibility index (Phi) is 4.83. The number of para-hydroxylation sites is 2. The molecule has 1 aliphatic rings. The molecule has 5 heteroatoms. The molecule has 3 aromatic carbocycles. The lowest BCUT2D eigenvalue weighted by atomic mass is 9.87. The van der Waals surface area contributed by atoms with Crippen LogP contribution < -0.4 is 9.54 Å². The highest BCUT2D eigenvalue weighted by atomic mass is 32.1. The number of ether oxygens (including phenoxy) is 1. The van der Waals surface area contributed by atoms with Crippen LogP contribution in [0.4, 0.5) is 0 Å². The second-order valence-electron chi connectivity index (χ2n) is 7.77. The minimum atomic E-state index is -0.494. The molecular formula is C26H22N2O2S. The third-order valence-electron chi connectivity index (χ3n) is 5.56. The van der Waals surface area contributed by atoms with Gasteiger partial charge in [-0.15, -0.1) is 6.58 Å². The molecule has 0 unspecified atom stereocenters. The average molecular weight is 427 g/mol. The zero-order chi connectivity index (χ0) is 21.5. The predicted molar refractivity (Wildman–Crippen MR) is 125 cm³/mol. The number of fused-ring (bicyclic) bond motifs is 3. The number of nitrogens with zero attached hydrogens (tertiary/aromatic N) is 2. The molecule has 0 aliphatic carbocycles. The van der Waals surface area contributed by atoms with Gasteiger partial charge in [0.05, 0.1) is 16.1 Å². The van der Waals surface area contributed by atoms with Gasteiger partial charge in [-0.3, -0.25) is 4.79 Å². The number of aryl methyl sites for hydroxylation is 2. The summed E-state index contributed by atoms with van der Waals surface area (Å²) in [7, 11) is 0. The summed E-state index contributed by atoms with van der Waals surface area (Å²) in [4.78, 5) is 19.0. The number of amides is 1. The molecule has 1 amide bonds.